The van der Waals surface area contributed by atoms with Crippen LogP contribution in [0.4, 0.5) is 0 Å². The van der Waals surface area contributed by atoms with Crippen LogP contribution >= 0.6 is 0 Å². The third-order valence-electron chi connectivity index (χ3n) is 2.84. The molecule has 0 radical (unpaired) electrons. The Hall–Kier alpha value is -1.71. The quantitative estimate of drug-likeness (QED) is 0.534. The number of hydrogen-bond donors (Lipinski definition) is 0. The zero-order valence-electron chi connectivity index (χ0n) is 11.9. The average molecular weight is 266 g/mol. The van der Waals surface area contributed by atoms with Gasteiger partial charge in [0.2, 0.25) is 0 Å². The molecule has 0 saturated carbocycles. The van der Waals surface area contributed by atoms with Gasteiger partial charge in [-0.25, -0.2) is 4.79 Å². The summed E-state index contributed by atoms with van der Waals surface area (Å²) < 4.78 is 15.6. The van der Waals surface area contributed by atoms with Crippen molar-refractivity contribution in [3.8, 4) is 11.5 Å². The molecule has 0 aliphatic carbocycles. The van der Waals surface area contributed by atoms with Crippen LogP contribution in [0.5, 0.6) is 11.5 Å². The van der Waals surface area contributed by atoms with Crippen LogP contribution in [0.3, 0.4) is 0 Å². The lowest BCUT2D eigenvalue weighted by Gasteiger charge is -2.11. The smallest absolute Gasteiger partial charge is 0.337 e. The highest BCUT2D eigenvalue weighted by Crippen LogP contribution is 2.28. The molecule has 106 valence electrons. The van der Waals surface area contributed by atoms with E-state index in [0.29, 0.717) is 23.7 Å². The molecular weight excluding hydrogens is 244 g/mol. The fourth-order valence-corrected chi connectivity index (χ4v) is 1.74. The maximum atomic E-state index is 11.4. The number of benzene rings is 1. The molecule has 0 amide bonds. The van der Waals surface area contributed by atoms with Crippen LogP contribution in [-0.4, -0.2) is 26.8 Å². The topological polar surface area (TPSA) is 44.8 Å². The molecule has 0 aromatic heterocycles. The normalized spacial score (nSPS) is 10.1. The van der Waals surface area contributed by atoms with Crippen LogP contribution < -0.4 is 9.47 Å². The second-order valence-corrected chi connectivity index (χ2v) is 4.27. The largest absolute Gasteiger partial charge is 0.493 e. The highest BCUT2D eigenvalue weighted by molar-refractivity contribution is 5.90. The predicted octanol–water partition coefficient (Wildman–Crippen LogP) is 3.44. The Balaban J connectivity index is 2.60. The van der Waals surface area contributed by atoms with E-state index in [1.165, 1.54) is 26.4 Å². The maximum Gasteiger partial charge on any atom is 0.337 e. The van der Waals surface area contributed by atoms with Gasteiger partial charge in [-0.05, 0) is 24.6 Å². The number of hydrogen-bond acceptors (Lipinski definition) is 4. The molecule has 0 saturated heterocycles. The van der Waals surface area contributed by atoms with Gasteiger partial charge in [0.25, 0.3) is 0 Å². The van der Waals surface area contributed by atoms with E-state index in [1.54, 1.807) is 25.3 Å². The minimum absolute atomic E-state index is 0.382. The van der Waals surface area contributed by atoms with E-state index in [1.807, 2.05) is 0 Å². The van der Waals surface area contributed by atoms with Crippen molar-refractivity contribution < 1.29 is 19.0 Å². The van der Waals surface area contributed by atoms with Crippen LogP contribution in [-0.2, 0) is 4.74 Å². The number of carbonyl (C=O) groups is 1. The van der Waals surface area contributed by atoms with Gasteiger partial charge in [0.05, 0.1) is 26.4 Å². The maximum absolute atomic E-state index is 11.4. The highest BCUT2D eigenvalue weighted by Gasteiger charge is 2.11. The van der Waals surface area contributed by atoms with Crippen LogP contribution in [0.1, 0.15) is 43.0 Å². The Labute approximate surface area is 114 Å². The van der Waals surface area contributed by atoms with Gasteiger partial charge in [0, 0.05) is 0 Å². The van der Waals surface area contributed by atoms with E-state index in [-0.39, 0.29) is 5.97 Å². The highest BCUT2D eigenvalue weighted by atomic mass is 16.5. The molecule has 0 N–H and O–H groups in total. The van der Waals surface area contributed by atoms with E-state index in [2.05, 4.69) is 11.7 Å². The summed E-state index contributed by atoms with van der Waals surface area (Å²) in [5.41, 5.74) is 0.456. The first-order chi connectivity index (χ1) is 9.22. The molecule has 0 aliphatic heterocycles. The molecule has 0 spiro atoms. The summed E-state index contributed by atoms with van der Waals surface area (Å²) in [7, 11) is 2.91. The van der Waals surface area contributed by atoms with Gasteiger partial charge in [-0.1, -0.05) is 26.2 Å². The molecule has 0 heterocycles. The second-order valence-electron chi connectivity index (χ2n) is 4.27. The van der Waals surface area contributed by atoms with Gasteiger partial charge in [0.15, 0.2) is 11.5 Å². The van der Waals surface area contributed by atoms with Crippen LogP contribution in [0.15, 0.2) is 18.2 Å². The first-order valence-electron chi connectivity index (χ1n) is 6.62. The van der Waals surface area contributed by atoms with Crippen molar-refractivity contribution in [3.05, 3.63) is 23.8 Å². The third kappa shape index (κ3) is 4.81. The summed E-state index contributed by atoms with van der Waals surface area (Å²) in [6.45, 7) is 2.84. The first-order valence-corrected chi connectivity index (χ1v) is 6.62. The number of ether oxygens (including phenoxy) is 3. The molecular formula is C15H22O4. The molecule has 1 rings (SSSR count). The SMILES string of the molecule is CCCCCCOc1ccc(C(=O)OC)cc1OC. The Morgan fingerprint density at radius 2 is 1.89 bits per heavy atom. The Morgan fingerprint density at radius 3 is 2.53 bits per heavy atom. The molecule has 0 atom stereocenters. The van der Waals surface area contributed by atoms with Gasteiger partial charge in [0.1, 0.15) is 0 Å². The Bertz CT molecular complexity index is 401. The predicted molar refractivity (Wildman–Crippen MR) is 74.0 cm³/mol. The summed E-state index contributed by atoms with van der Waals surface area (Å²) in [6, 6.07) is 5.05. The molecule has 1 aromatic rings. The first kappa shape index (κ1) is 15.3. The van der Waals surface area contributed by atoms with Crippen molar-refractivity contribution in [3.63, 3.8) is 0 Å². The standard InChI is InChI=1S/C15H22O4/c1-4-5-6-7-10-19-13-9-8-12(15(16)18-3)11-14(13)17-2/h8-9,11H,4-7,10H2,1-3H3. The summed E-state index contributed by atoms with van der Waals surface area (Å²) >= 11 is 0. The molecule has 4 heteroatoms. The monoisotopic (exact) mass is 266 g/mol. The second kappa shape index (κ2) is 8.40. The van der Waals surface area contributed by atoms with Crippen molar-refractivity contribution in [1.82, 2.24) is 0 Å². The average Bonchev–Trinajstić information content (AvgIpc) is 2.46. The van der Waals surface area contributed by atoms with Gasteiger partial charge < -0.3 is 14.2 Å². The summed E-state index contributed by atoms with van der Waals surface area (Å²) in [5, 5.41) is 0. The van der Waals surface area contributed by atoms with Crippen molar-refractivity contribution in [2.45, 2.75) is 32.6 Å². The van der Waals surface area contributed by atoms with Crippen LogP contribution in [0, 0.1) is 0 Å². The molecule has 4 nitrogen and oxygen atoms in total. The number of unbranched alkanes of at least 4 members (excludes halogenated alkanes) is 3. The van der Waals surface area contributed by atoms with Crippen LogP contribution in [0.25, 0.3) is 0 Å². The minimum Gasteiger partial charge on any atom is -0.493 e. The van der Waals surface area contributed by atoms with Gasteiger partial charge >= 0.3 is 5.97 Å². The molecule has 1 aromatic carbocycles. The van der Waals surface area contributed by atoms with E-state index >= 15 is 0 Å². The third-order valence-corrected chi connectivity index (χ3v) is 2.84. The fraction of sp³-hybridized carbons (Fsp3) is 0.533. The molecule has 0 fully saturated rings. The van der Waals surface area contributed by atoms with Crippen molar-refractivity contribution >= 4 is 5.97 Å². The van der Waals surface area contributed by atoms with Crippen molar-refractivity contribution in [2.24, 2.45) is 0 Å². The van der Waals surface area contributed by atoms with Crippen LogP contribution in [0.2, 0.25) is 0 Å². The Kier molecular flexibility index (Phi) is 6.79. The molecule has 0 aliphatic rings. The van der Waals surface area contributed by atoms with E-state index < -0.39 is 0 Å². The minimum atomic E-state index is -0.382. The summed E-state index contributed by atoms with van der Waals surface area (Å²) in [5.74, 6) is 0.831. The fourth-order valence-electron chi connectivity index (χ4n) is 1.74. The van der Waals surface area contributed by atoms with Gasteiger partial charge in [-0.2, -0.15) is 0 Å². The number of rotatable bonds is 8. The van der Waals surface area contributed by atoms with E-state index in [9.17, 15) is 4.79 Å². The zero-order chi connectivity index (χ0) is 14.1. The van der Waals surface area contributed by atoms with Gasteiger partial charge in [-0.15, -0.1) is 0 Å². The van der Waals surface area contributed by atoms with Crippen molar-refractivity contribution in [1.29, 1.82) is 0 Å². The summed E-state index contributed by atoms with van der Waals surface area (Å²) in [4.78, 5) is 11.4. The molecule has 0 unspecified atom stereocenters. The lowest BCUT2D eigenvalue weighted by Crippen LogP contribution is -2.04. The zero-order valence-corrected chi connectivity index (χ0v) is 11.9. The lowest BCUT2D eigenvalue weighted by molar-refractivity contribution is 0.0600. The molecule has 19 heavy (non-hydrogen) atoms. The van der Waals surface area contributed by atoms with E-state index in [4.69, 9.17) is 9.47 Å². The number of methoxy groups -OCH3 is 2. The molecule has 0 bridgehead atoms. The number of carbonyl (C=O) groups excluding carboxylic acids is 1. The summed E-state index contributed by atoms with van der Waals surface area (Å²) in [6.07, 6.45) is 4.62. The van der Waals surface area contributed by atoms with Crippen molar-refractivity contribution in [2.75, 3.05) is 20.8 Å². The lowest BCUT2D eigenvalue weighted by atomic mass is 10.2. The number of esters is 1. The van der Waals surface area contributed by atoms with E-state index in [0.717, 1.165) is 6.42 Å². The Morgan fingerprint density at radius 1 is 1.11 bits per heavy atom. The van der Waals surface area contributed by atoms with Gasteiger partial charge in [-0.3, -0.25) is 0 Å².